The summed E-state index contributed by atoms with van der Waals surface area (Å²) in [6.07, 6.45) is 3.51. The van der Waals surface area contributed by atoms with E-state index in [4.69, 9.17) is 4.74 Å². The van der Waals surface area contributed by atoms with E-state index in [0.29, 0.717) is 16.7 Å². The number of rotatable bonds is 11. The van der Waals surface area contributed by atoms with Crippen molar-refractivity contribution in [3.8, 4) is 5.75 Å². The van der Waals surface area contributed by atoms with Gasteiger partial charge in [-0.1, -0.05) is 57.0 Å². The van der Waals surface area contributed by atoms with Gasteiger partial charge in [0.2, 0.25) is 0 Å². The van der Waals surface area contributed by atoms with Gasteiger partial charge in [-0.2, -0.15) is 0 Å². The van der Waals surface area contributed by atoms with E-state index < -0.39 is 34.9 Å². The van der Waals surface area contributed by atoms with Crippen LogP contribution in [0.1, 0.15) is 45.1 Å². The van der Waals surface area contributed by atoms with Crippen LogP contribution < -0.4 is 10.1 Å². The van der Waals surface area contributed by atoms with Crippen molar-refractivity contribution in [1.29, 1.82) is 0 Å². The van der Waals surface area contributed by atoms with Crippen molar-refractivity contribution in [2.75, 3.05) is 30.8 Å². The summed E-state index contributed by atoms with van der Waals surface area (Å²) < 4.78 is 33.0. The number of hydrogen-bond acceptors (Lipinski definition) is 6. The highest BCUT2D eigenvalue weighted by atomic mass is 79.9. The number of carboxylic acid groups (broad SMARTS) is 1. The molecule has 2 aromatic rings. The number of halogens is 1. The number of anilines is 1. The summed E-state index contributed by atoms with van der Waals surface area (Å²) in [5.41, 5.74) is 0.938. The Kier molecular flexibility index (Phi) is 9.41. The molecule has 1 atom stereocenters. The molecule has 0 radical (unpaired) electrons. The van der Waals surface area contributed by atoms with E-state index in [0.717, 1.165) is 31.2 Å². The van der Waals surface area contributed by atoms with Crippen molar-refractivity contribution >= 4 is 43.3 Å². The van der Waals surface area contributed by atoms with Crippen LogP contribution in [-0.2, 0) is 26.0 Å². The number of carbonyl (C=O) groups is 2. The van der Waals surface area contributed by atoms with E-state index in [1.807, 2.05) is 25.1 Å². The van der Waals surface area contributed by atoms with Crippen LogP contribution in [0.3, 0.4) is 0 Å². The fourth-order valence-corrected chi connectivity index (χ4v) is 7.02. The predicted molar refractivity (Wildman–Crippen MR) is 142 cm³/mol. The zero-order valence-electron chi connectivity index (χ0n) is 20.6. The summed E-state index contributed by atoms with van der Waals surface area (Å²) in [5.74, 6) is -1.40. The second-order valence-electron chi connectivity index (χ2n) is 9.27. The number of carboxylic acids is 1. The molecule has 196 valence electrons. The van der Waals surface area contributed by atoms with Gasteiger partial charge < -0.3 is 20.1 Å². The highest BCUT2D eigenvalue weighted by Crippen LogP contribution is 2.41. The van der Waals surface area contributed by atoms with Crippen LogP contribution in [0.15, 0.2) is 51.8 Å². The van der Waals surface area contributed by atoms with E-state index in [1.54, 1.807) is 18.2 Å². The van der Waals surface area contributed by atoms with E-state index in [1.165, 1.54) is 11.0 Å². The molecule has 1 aliphatic heterocycles. The molecular weight excluding hydrogens is 548 g/mol. The first-order chi connectivity index (χ1) is 17.1. The van der Waals surface area contributed by atoms with Crippen LogP contribution in [0, 0.1) is 5.41 Å². The predicted octanol–water partition coefficient (Wildman–Crippen LogP) is 4.73. The summed E-state index contributed by atoms with van der Waals surface area (Å²) in [5, 5.41) is 12.6. The van der Waals surface area contributed by atoms with Crippen LogP contribution in [0.5, 0.6) is 5.75 Å². The van der Waals surface area contributed by atoms with E-state index in [9.17, 15) is 23.1 Å². The average Bonchev–Trinajstić information content (AvgIpc) is 2.94. The van der Waals surface area contributed by atoms with Gasteiger partial charge in [-0.25, -0.2) is 8.42 Å². The Bertz CT molecular complexity index is 1190. The van der Waals surface area contributed by atoms with Crippen molar-refractivity contribution in [2.45, 2.75) is 51.0 Å². The van der Waals surface area contributed by atoms with Gasteiger partial charge in [0.05, 0.1) is 20.8 Å². The van der Waals surface area contributed by atoms with E-state index >= 15 is 0 Å². The molecule has 0 aliphatic carbocycles. The van der Waals surface area contributed by atoms with Crippen molar-refractivity contribution in [3.05, 3.63) is 52.5 Å². The van der Waals surface area contributed by atoms with Crippen LogP contribution in [-0.4, -0.2) is 55.7 Å². The number of unbranched alkanes of at least 4 members (excludes halogenated alkanes) is 1. The third-order valence-electron chi connectivity index (χ3n) is 6.58. The molecule has 0 spiro atoms. The zero-order valence-corrected chi connectivity index (χ0v) is 23.0. The maximum atomic E-state index is 13.4. The summed E-state index contributed by atoms with van der Waals surface area (Å²) in [7, 11) is -3.62. The molecule has 3 rings (SSSR count). The second kappa shape index (κ2) is 12.1. The monoisotopic (exact) mass is 580 g/mol. The molecule has 0 aromatic heterocycles. The highest BCUT2D eigenvalue weighted by molar-refractivity contribution is 9.10. The minimum Gasteiger partial charge on any atom is -0.483 e. The van der Waals surface area contributed by atoms with Gasteiger partial charge in [-0.05, 0) is 40.4 Å². The molecule has 36 heavy (non-hydrogen) atoms. The number of benzene rings is 2. The van der Waals surface area contributed by atoms with Crippen molar-refractivity contribution in [1.82, 2.24) is 4.90 Å². The first-order valence-electron chi connectivity index (χ1n) is 12.1. The summed E-state index contributed by atoms with van der Waals surface area (Å²) in [6.45, 7) is 3.89. The molecule has 10 heteroatoms. The summed E-state index contributed by atoms with van der Waals surface area (Å²) >= 11 is 3.43. The molecule has 1 heterocycles. The molecule has 0 saturated carbocycles. The van der Waals surface area contributed by atoms with Gasteiger partial charge >= 0.3 is 5.97 Å². The third kappa shape index (κ3) is 7.00. The normalized spacial score (nSPS) is 18.4. The van der Waals surface area contributed by atoms with Crippen LogP contribution in [0.25, 0.3) is 0 Å². The van der Waals surface area contributed by atoms with Crippen LogP contribution >= 0.6 is 15.9 Å². The lowest BCUT2D eigenvalue weighted by molar-refractivity contribution is -0.145. The average molecular weight is 582 g/mol. The smallest absolute Gasteiger partial charge is 0.323 e. The molecule has 2 N–H and O–H groups in total. The minimum atomic E-state index is -3.62. The SMILES string of the molecule is CCCCC1(CC)CNc2cc(Br)c(OCC(=O)N(CC(=O)O)Cc3ccccc3)cc2S(=O)(=O)C1. The van der Waals surface area contributed by atoms with Crippen molar-refractivity contribution in [2.24, 2.45) is 5.41 Å². The number of aliphatic carboxylic acids is 1. The van der Waals surface area contributed by atoms with Crippen molar-refractivity contribution in [3.63, 3.8) is 0 Å². The molecule has 0 saturated heterocycles. The van der Waals surface area contributed by atoms with Crippen LogP contribution in [0.2, 0.25) is 0 Å². The third-order valence-corrected chi connectivity index (χ3v) is 9.20. The topological polar surface area (TPSA) is 113 Å². The number of nitrogens with zero attached hydrogens (tertiary/aromatic N) is 1. The van der Waals surface area contributed by atoms with Gasteiger partial charge in [-0.15, -0.1) is 0 Å². The molecule has 0 bridgehead atoms. The zero-order chi connectivity index (χ0) is 26.3. The van der Waals surface area contributed by atoms with E-state index in [2.05, 4.69) is 28.2 Å². The number of sulfone groups is 1. The fourth-order valence-electron chi connectivity index (χ4n) is 4.40. The lowest BCUT2D eigenvalue weighted by Gasteiger charge is -2.30. The molecule has 2 aromatic carbocycles. The number of carbonyl (C=O) groups excluding carboxylic acids is 1. The second-order valence-corrected chi connectivity index (χ2v) is 12.1. The Morgan fingerprint density at radius 2 is 1.92 bits per heavy atom. The quantitative estimate of drug-likeness (QED) is 0.395. The molecular formula is C26H33BrN2O6S. The van der Waals surface area contributed by atoms with Gasteiger partial charge in [0.1, 0.15) is 12.3 Å². The highest BCUT2D eigenvalue weighted by Gasteiger charge is 2.38. The van der Waals surface area contributed by atoms with Gasteiger partial charge in [0, 0.05) is 24.6 Å². The lowest BCUT2D eigenvalue weighted by Crippen LogP contribution is -2.38. The Morgan fingerprint density at radius 1 is 1.19 bits per heavy atom. The fraction of sp³-hybridized carbons (Fsp3) is 0.462. The van der Waals surface area contributed by atoms with Gasteiger partial charge in [0.25, 0.3) is 5.91 Å². The lowest BCUT2D eigenvalue weighted by atomic mass is 9.82. The van der Waals surface area contributed by atoms with Crippen LogP contribution in [0.4, 0.5) is 5.69 Å². The first-order valence-corrected chi connectivity index (χ1v) is 14.5. The number of hydrogen-bond donors (Lipinski definition) is 2. The maximum Gasteiger partial charge on any atom is 0.323 e. The Labute approximate surface area is 221 Å². The number of nitrogens with one attached hydrogen (secondary N) is 1. The molecule has 1 aliphatic rings. The largest absolute Gasteiger partial charge is 0.483 e. The number of amides is 1. The van der Waals surface area contributed by atoms with Gasteiger partial charge in [-0.3, -0.25) is 9.59 Å². The Morgan fingerprint density at radius 3 is 2.56 bits per heavy atom. The van der Waals surface area contributed by atoms with E-state index in [-0.39, 0.29) is 28.4 Å². The Balaban J connectivity index is 1.80. The minimum absolute atomic E-state index is 0.0416. The molecule has 1 unspecified atom stereocenters. The molecule has 1 amide bonds. The summed E-state index contributed by atoms with van der Waals surface area (Å²) in [6, 6.07) is 12.2. The number of fused-ring (bicyclic) bond motifs is 1. The summed E-state index contributed by atoms with van der Waals surface area (Å²) in [4.78, 5) is 25.5. The molecule has 0 fully saturated rings. The number of ether oxygens (including phenoxy) is 1. The van der Waals surface area contributed by atoms with Gasteiger partial charge in [0.15, 0.2) is 16.4 Å². The van der Waals surface area contributed by atoms with Crippen molar-refractivity contribution < 1.29 is 27.9 Å². The molecule has 8 nitrogen and oxygen atoms in total. The Hall–Kier alpha value is -2.59. The maximum absolute atomic E-state index is 13.4. The first kappa shape index (κ1) is 28.0. The standard InChI is InChI=1S/C26H33BrN2O6S/c1-3-5-11-26(4-2)17-28-21-12-20(27)22(13-23(21)36(33,34)18-26)35-16-24(30)29(15-25(31)32)14-19-9-7-6-8-10-19/h6-10,12-13,28H,3-5,11,14-18H2,1-2H3,(H,31,32).